The van der Waals surface area contributed by atoms with Crippen LogP contribution >= 0.6 is 0 Å². The number of hydrogen-bond acceptors (Lipinski definition) is 3. The molecule has 0 N–H and O–H groups in total. The summed E-state index contributed by atoms with van der Waals surface area (Å²) in [6.45, 7) is 1.22. The summed E-state index contributed by atoms with van der Waals surface area (Å²) in [5.74, 6) is 3.23. The highest BCUT2D eigenvalue weighted by atomic mass is 16.5. The van der Waals surface area contributed by atoms with Crippen LogP contribution in [0.5, 0.6) is 23.0 Å². The molecule has 39 heavy (non-hydrogen) atoms. The number of rotatable bonds is 12. The Balaban J connectivity index is 1.12. The van der Waals surface area contributed by atoms with Crippen LogP contribution in [-0.2, 0) is 24.2 Å². The largest absolute Gasteiger partial charge is 0.457 e. The number of amides is 1. The molecule has 1 amide bonds. The summed E-state index contributed by atoms with van der Waals surface area (Å²) in [7, 11) is 0. The lowest BCUT2D eigenvalue weighted by Gasteiger charge is -2.18. The number of ether oxygens (including phenoxy) is 2. The summed E-state index contributed by atoms with van der Waals surface area (Å²) < 4.78 is 11.8. The lowest BCUT2D eigenvalue weighted by Crippen LogP contribution is -2.24. The van der Waals surface area contributed by atoms with Gasteiger partial charge in [-0.05, 0) is 83.6 Å². The van der Waals surface area contributed by atoms with Crippen molar-refractivity contribution in [3.63, 3.8) is 0 Å². The number of carbonyl (C=O) groups is 1. The lowest BCUT2D eigenvalue weighted by atomic mass is 10.0. The summed E-state index contributed by atoms with van der Waals surface area (Å²) in [5, 5.41) is 0. The minimum atomic E-state index is 0.562. The Kier molecular flexibility index (Phi) is 8.67. The average molecular weight is 514 g/mol. The molecule has 5 rings (SSSR count). The Hall–Kier alpha value is -4.83. The van der Waals surface area contributed by atoms with Crippen molar-refractivity contribution in [2.24, 2.45) is 0 Å². The van der Waals surface area contributed by atoms with E-state index < -0.39 is 0 Å². The van der Waals surface area contributed by atoms with Crippen LogP contribution in [0.15, 0.2) is 133 Å². The first kappa shape index (κ1) is 25.8. The molecule has 0 aliphatic carbocycles. The fourth-order valence-corrected chi connectivity index (χ4v) is 4.39. The maximum Gasteiger partial charge on any atom is 0.210 e. The molecule has 0 unspecified atom stereocenters. The van der Waals surface area contributed by atoms with E-state index in [0.717, 1.165) is 47.8 Å². The summed E-state index contributed by atoms with van der Waals surface area (Å²) >= 11 is 0. The monoisotopic (exact) mass is 513 g/mol. The minimum absolute atomic E-state index is 0.562. The molecule has 0 saturated heterocycles. The van der Waals surface area contributed by atoms with Gasteiger partial charge in [-0.15, -0.1) is 0 Å². The van der Waals surface area contributed by atoms with Gasteiger partial charge in [0, 0.05) is 13.1 Å². The van der Waals surface area contributed by atoms with Gasteiger partial charge in [-0.25, -0.2) is 0 Å². The molecule has 0 saturated carbocycles. The molecular formula is C35H31NO3. The van der Waals surface area contributed by atoms with Crippen LogP contribution in [-0.4, -0.2) is 17.9 Å². The van der Waals surface area contributed by atoms with Crippen LogP contribution in [0.3, 0.4) is 0 Å². The number of para-hydroxylation sites is 2. The van der Waals surface area contributed by atoms with Crippen molar-refractivity contribution in [3.8, 4) is 23.0 Å². The first-order valence-electron chi connectivity index (χ1n) is 13.1. The second-order valence-electron chi connectivity index (χ2n) is 9.44. The number of benzene rings is 5. The molecule has 5 aromatic rings. The van der Waals surface area contributed by atoms with E-state index in [2.05, 4.69) is 36.4 Å². The zero-order valence-corrected chi connectivity index (χ0v) is 21.8. The zero-order valence-electron chi connectivity index (χ0n) is 21.8. The molecule has 0 bridgehead atoms. The maximum absolute atomic E-state index is 11.8. The van der Waals surface area contributed by atoms with Gasteiger partial charge in [0.2, 0.25) is 6.41 Å². The Morgan fingerprint density at radius 3 is 1.59 bits per heavy atom. The standard InChI is InChI=1S/C35H31NO3/c37-27-36(26-30-16-20-35(21-17-30)39-33-12-5-2-6-13-33)23-22-28-8-7-9-31(24-28)25-29-14-18-34(19-15-29)38-32-10-3-1-4-11-32/h1-21,24,27H,22-23,25-26H2. The summed E-state index contributed by atoms with van der Waals surface area (Å²) in [6, 6.07) is 44.2. The van der Waals surface area contributed by atoms with Crippen LogP contribution < -0.4 is 9.47 Å². The van der Waals surface area contributed by atoms with Gasteiger partial charge < -0.3 is 14.4 Å². The van der Waals surface area contributed by atoms with Crippen LogP contribution in [0.25, 0.3) is 0 Å². The van der Waals surface area contributed by atoms with E-state index in [4.69, 9.17) is 9.47 Å². The van der Waals surface area contributed by atoms with Crippen molar-refractivity contribution in [1.82, 2.24) is 4.90 Å². The Morgan fingerprint density at radius 1 is 0.513 bits per heavy atom. The fraction of sp³-hybridized carbons (Fsp3) is 0.114. The van der Waals surface area contributed by atoms with Crippen molar-refractivity contribution >= 4 is 6.41 Å². The van der Waals surface area contributed by atoms with E-state index in [9.17, 15) is 4.79 Å². The molecule has 4 heteroatoms. The highest BCUT2D eigenvalue weighted by Crippen LogP contribution is 2.23. The molecule has 0 radical (unpaired) electrons. The summed E-state index contributed by atoms with van der Waals surface area (Å²) in [4.78, 5) is 13.6. The average Bonchev–Trinajstić information content (AvgIpc) is 2.98. The molecule has 0 spiro atoms. The topological polar surface area (TPSA) is 38.8 Å². The first-order valence-corrected chi connectivity index (χ1v) is 13.1. The third-order valence-corrected chi connectivity index (χ3v) is 6.43. The number of hydrogen-bond donors (Lipinski definition) is 0. The van der Waals surface area contributed by atoms with E-state index in [-0.39, 0.29) is 0 Å². The first-order chi connectivity index (χ1) is 19.2. The predicted octanol–water partition coefficient (Wildman–Crippen LogP) is 8.06. The SMILES string of the molecule is O=CN(CCc1cccc(Cc2ccc(Oc3ccccc3)cc2)c1)Cc1ccc(Oc2ccccc2)cc1. The van der Waals surface area contributed by atoms with Crippen molar-refractivity contribution < 1.29 is 14.3 Å². The van der Waals surface area contributed by atoms with Crippen LogP contribution in [0, 0.1) is 0 Å². The second-order valence-corrected chi connectivity index (χ2v) is 9.44. The molecule has 0 fully saturated rings. The summed E-state index contributed by atoms with van der Waals surface area (Å²) in [5.41, 5.74) is 4.75. The highest BCUT2D eigenvalue weighted by molar-refractivity contribution is 5.48. The molecule has 0 aromatic heterocycles. The molecule has 4 nitrogen and oxygen atoms in total. The molecule has 194 valence electrons. The molecule has 5 aromatic carbocycles. The van der Waals surface area contributed by atoms with Crippen molar-refractivity contribution in [2.75, 3.05) is 6.54 Å². The molecule has 0 heterocycles. The second kappa shape index (κ2) is 13.1. The van der Waals surface area contributed by atoms with Gasteiger partial charge in [0.1, 0.15) is 23.0 Å². The third-order valence-electron chi connectivity index (χ3n) is 6.43. The smallest absolute Gasteiger partial charge is 0.210 e. The Labute approximate surface area is 230 Å². The number of carbonyl (C=O) groups excluding carboxylic acids is 1. The highest BCUT2D eigenvalue weighted by Gasteiger charge is 2.06. The van der Waals surface area contributed by atoms with Gasteiger partial charge in [0.15, 0.2) is 0 Å². The van der Waals surface area contributed by atoms with Crippen molar-refractivity contribution in [2.45, 2.75) is 19.4 Å². The Bertz CT molecular complexity index is 1450. The predicted molar refractivity (Wildman–Crippen MR) is 155 cm³/mol. The normalized spacial score (nSPS) is 10.6. The van der Waals surface area contributed by atoms with E-state index in [1.54, 1.807) is 0 Å². The van der Waals surface area contributed by atoms with Crippen molar-refractivity contribution in [3.05, 3.63) is 156 Å². The van der Waals surface area contributed by atoms with E-state index in [0.29, 0.717) is 13.1 Å². The molecule has 0 atom stereocenters. The van der Waals surface area contributed by atoms with E-state index in [1.165, 1.54) is 16.7 Å². The fourth-order valence-electron chi connectivity index (χ4n) is 4.39. The van der Waals surface area contributed by atoms with Gasteiger partial charge in [-0.1, -0.05) is 84.9 Å². The van der Waals surface area contributed by atoms with Gasteiger partial charge in [0.25, 0.3) is 0 Å². The van der Waals surface area contributed by atoms with E-state index >= 15 is 0 Å². The molecule has 0 aliphatic rings. The van der Waals surface area contributed by atoms with Gasteiger partial charge in [-0.3, -0.25) is 4.79 Å². The quantitative estimate of drug-likeness (QED) is 0.158. The Morgan fingerprint density at radius 2 is 1.03 bits per heavy atom. The van der Waals surface area contributed by atoms with Gasteiger partial charge in [-0.2, -0.15) is 0 Å². The maximum atomic E-state index is 11.8. The lowest BCUT2D eigenvalue weighted by molar-refractivity contribution is -0.118. The zero-order chi connectivity index (χ0) is 26.7. The van der Waals surface area contributed by atoms with Crippen LogP contribution in [0.2, 0.25) is 0 Å². The van der Waals surface area contributed by atoms with E-state index in [1.807, 2.05) is 102 Å². The van der Waals surface area contributed by atoms with Gasteiger partial charge >= 0.3 is 0 Å². The molecule has 0 aliphatic heterocycles. The van der Waals surface area contributed by atoms with Crippen LogP contribution in [0.1, 0.15) is 22.3 Å². The van der Waals surface area contributed by atoms with Gasteiger partial charge in [0.05, 0.1) is 0 Å². The van der Waals surface area contributed by atoms with Crippen LogP contribution in [0.4, 0.5) is 0 Å². The number of nitrogens with zero attached hydrogens (tertiary/aromatic N) is 1. The molecular weight excluding hydrogens is 482 g/mol. The third kappa shape index (κ3) is 7.83. The summed E-state index contributed by atoms with van der Waals surface area (Å²) in [6.07, 6.45) is 2.57. The minimum Gasteiger partial charge on any atom is -0.457 e. The van der Waals surface area contributed by atoms with Crippen molar-refractivity contribution in [1.29, 1.82) is 0 Å².